The number of nitrogens with zero attached hydrogens (tertiary/aromatic N) is 2. The first-order valence-corrected chi connectivity index (χ1v) is 2.04. The monoisotopic (exact) mass is 112 g/mol. The van der Waals surface area contributed by atoms with Crippen LogP contribution in [0.4, 0.5) is 0 Å². The Bertz CT molecular complexity index is 168. The van der Waals surface area contributed by atoms with Crippen molar-refractivity contribution in [3.05, 3.63) is 23.7 Å². The maximum atomic E-state index is 10.2. The van der Waals surface area contributed by atoms with Crippen LogP contribution in [0, 0.1) is 5.21 Å². The van der Waals surface area contributed by atoms with E-state index in [9.17, 15) is 5.21 Å². The highest BCUT2D eigenvalue weighted by Gasteiger charge is 1.96. The fourth-order valence-corrected chi connectivity index (χ4v) is 0.350. The van der Waals surface area contributed by atoms with Crippen LogP contribution in [-0.2, 0) is 0 Å². The van der Waals surface area contributed by atoms with Crippen molar-refractivity contribution in [3.8, 4) is 6.01 Å². The van der Waals surface area contributed by atoms with Gasteiger partial charge in [-0.3, -0.25) is 0 Å². The summed E-state index contributed by atoms with van der Waals surface area (Å²) in [6.45, 7) is 0. The molecule has 0 atom stereocenters. The van der Waals surface area contributed by atoms with E-state index in [1.165, 1.54) is 18.5 Å². The lowest BCUT2D eigenvalue weighted by atomic mass is 10.7. The highest BCUT2D eigenvalue weighted by atomic mass is 16.5. The summed E-state index contributed by atoms with van der Waals surface area (Å²) in [7, 11) is 0. The summed E-state index contributed by atoms with van der Waals surface area (Å²) in [5.41, 5.74) is 0. The van der Waals surface area contributed by atoms with Crippen LogP contribution in [0.1, 0.15) is 0 Å². The Labute approximate surface area is 45.6 Å². The summed E-state index contributed by atoms with van der Waals surface area (Å²) in [5, 5.41) is 18.7. The molecule has 0 aliphatic carbocycles. The Morgan fingerprint density at radius 2 is 2.50 bits per heavy atom. The second kappa shape index (κ2) is 1.65. The Hall–Kier alpha value is -1.32. The van der Waals surface area contributed by atoms with Gasteiger partial charge in [0, 0.05) is 6.07 Å². The standard InChI is InChI=1S/C4H4N2O2/c7-4-5-2-1-3-6(4)8/h1-3H,(H,5,7). The predicted octanol–water partition coefficient (Wildman–Crippen LogP) is -0.579. The zero-order chi connectivity index (χ0) is 5.98. The van der Waals surface area contributed by atoms with Crippen molar-refractivity contribution in [2.75, 3.05) is 0 Å². The first kappa shape index (κ1) is 4.83. The number of aromatic hydroxyl groups is 1. The average Bonchev–Trinajstić information content (AvgIpc) is 1.77. The van der Waals surface area contributed by atoms with E-state index in [1.807, 2.05) is 0 Å². The Balaban J connectivity index is 3.13. The van der Waals surface area contributed by atoms with Crippen molar-refractivity contribution >= 4 is 0 Å². The molecule has 0 amide bonds. The van der Waals surface area contributed by atoms with Crippen LogP contribution < -0.4 is 4.73 Å². The van der Waals surface area contributed by atoms with Crippen LogP contribution in [0.3, 0.4) is 0 Å². The molecular formula is C4H4N2O2. The largest absolute Gasteiger partial charge is 0.708 e. The Morgan fingerprint density at radius 3 is 2.88 bits per heavy atom. The third-order valence-corrected chi connectivity index (χ3v) is 0.695. The molecule has 0 saturated carbocycles. The minimum Gasteiger partial charge on any atom is -0.708 e. The predicted molar refractivity (Wildman–Crippen MR) is 24.9 cm³/mol. The van der Waals surface area contributed by atoms with Gasteiger partial charge in [-0.25, -0.2) is 4.73 Å². The first-order valence-electron chi connectivity index (χ1n) is 2.04. The SMILES string of the molecule is [O-][n+]1cccnc1O. The molecule has 42 valence electrons. The van der Waals surface area contributed by atoms with Gasteiger partial charge in [-0.15, -0.1) is 0 Å². The second-order valence-electron chi connectivity index (χ2n) is 1.25. The number of hydrogen-bond acceptors (Lipinski definition) is 3. The molecule has 0 aliphatic heterocycles. The topological polar surface area (TPSA) is 60.1 Å². The molecule has 0 spiro atoms. The lowest BCUT2D eigenvalue weighted by Gasteiger charge is -1.95. The van der Waals surface area contributed by atoms with Crippen molar-refractivity contribution < 1.29 is 9.84 Å². The van der Waals surface area contributed by atoms with Gasteiger partial charge in [0.15, 0.2) is 0 Å². The minimum absolute atomic E-state index is 0.278. The van der Waals surface area contributed by atoms with Crippen LogP contribution in [0.5, 0.6) is 6.01 Å². The van der Waals surface area contributed by atoms with Gasteiger partial charge in [0.25, 0.3) is 0 Å². The van der Waals surface area contributed by atoms with Gasteiger partial charge in [0.2, 0.25) is 0 Å². The summed E-state index contributed by atoms with van der Waals surface area (Å²) < 4.78 is 0.278. The van der Waals surface area contributed by atoms with Gasteiger partial charge in [0.1, 0.15) is 12.4 Å². The van der Waals surface area contributed by atoms with E-state index in [1.54, 1.807) is 0 Å². The molecule has 0 aromatic carbocycles. The molecule has 1 rings (SSSR count). The normalized spacial score (nSPS) is 9.00. The molecule has 8 heavy (non-hydrogen) atoms. The summed E-state index contributed by atoms with van der Waals surface area (Å²) >= 11 is 0. The quantitative estimate of drug-likeness (QED) is 0.361. The van der Waals surface area contributed by atoms with Gasteiger partial charge >= 0.3 is 6.01 Å². The molecule has 0 aliphatic rings. The zero-order valence-electron chi connectivity index (χ0n) is 3.98. The van der Waals surface area contributed by atoms with Crippen LogP contribution in [-0.4, -0.2) is 10.1 Å². The molecule has 0 saturated heterocycles. The lowest BCUT2D eigenvalue weighted by Crippen LogP contribution is -2.25. The van der Waals surface area contributed by atoms with Crippen molar-refractivity contribution in [2.24, 2.45) is 0 Å². The molecule has 0 radical (unpaired) electrons. The maximum absolute atomic E-state index is 10.2. The first-order chi connectivity index (χ1) is 3.80. The summed E-state index contributed by atoms with van der Waals surface area (Å²) in [5.74, 6) is 0. The van der Waals surface area contributed by atoms with Gasteiger partial charge < -0.3 is 10.3 Å². The van der Waals surface area contributed by atoms with Gasteiger partial charge in [-0.2, -0.15) is 0 Å². The Kier molecular flexibility index (Phi) is 0.997. The molecule has 0 fully saturated rings. The molecule has 1 aromatic rings. The fourth-order valence-electron chi connectivity index (χ4n) is 0.350. The maximum Gasteiger partial charge on any atom is 0.498 e. The zero-order valence-corrected chi connectivity index (χ0v) is 3.98. The van der Waals surface area contributed by atoms with E-state index < -0.39 is 6.01 Å². The molecule has 4 heteroatoms. The van der Waals surface area contributed by atoms with E-state index in [-0.39, 0.29) is 4.73 Å². The van der Waals surface area contributed by atoms with E-state index in [2.05, 4.69) is 4.98 Å². The van der Waals surface area contributed by atoms with Crippen molar-refractivity contribution in [1.29, 1.82) is 0 Å². The van der Waals surface area contributed by atoms with Gasteiger partial charge in [-0.1, -0.05) is 0 Å². The number of rotatable bonds is 0. The highest BCUT2D eigenvalue weighted by molar-refractivity contribution is 4.81. The van der Waals surface area contributed by atoms with Crippen molar-refractivity contribution in [3.63, 3.8) is 0 Å². The Morgan fingerprint density at radius 1 is 1.75 bits per heavy atom. The van der Waals surface area contributed by atoms with E-state index in [0.717, 1.165) is 0 Å². The molecular weight excluding hydrogens is 108 g/mol. The third kappa shape index (κ3) is 0.676. The van der Waals surface area contributed by atoms with E-state index >= 15 is 0 Å². The summed E-state index contributed by atoms with van der Waals surface area (Å²) in [4.78, 5) is 3.28. The average molecular weight is 112 g/mol. The van der Waals surface area contributed by atoms with Crippen LogP contribution in [0.15, 0.2) is 18.5 Å². The van der Waals surface area contributed by atoms with Crippen LogP contribution in [0.25, 0.3) is 0 Å². The molecule has 1 N–H and O–H groups in total. The van der Waals surface area contributed by atoms with Gasteiger partial charge in [-0.05, 0) is 4.98 Å². The second-order valence-corrected chi connectivity index (χ2v) is 1.25. The molecule has 0 unspecified atom stereocenters. The number of hydrogen-bond donors (Lipinski definition) is 1. The minimum atomic E-state index is -0.521. The van der Waals surface area contributed by atoms with Crippen LogP contribution >= 0.6 is 0 Å². The summed E-state index contributed by atoms with van der Waals surface area (Å²) in [6.07, 6.45) is 2.51. The third-order valence-electron chi connectivity index (χ3n) is 0.695. The summed E-state index contributed by atoms with van der Waals surface area (Å²) in [6, 6.07) is 0.916. The molecule has 0 bridgehead atoms. The molecule has 4 nitrogen and oxygen atoms in total. The number of aromatic nitrogens is 2. The van der Waals surface area contributed by atoms with Crippen LogP contribution in [0.2, 0.25) is 0 Å². The molecule has 1 aromatic heterocycles. The smallest absolute Gasteiger partial charge is 0.498 e. The molecule has 1 heterocycles. The highest BCUT2D eigenvalue weighted by Crippen LogP contribution is 1.86. The van der Waals surface area contributed by atoms with E-state index in [0.29, 0.717) is 0 Å². The fraction of sp³-hybridized carbons (Fsp3) is 0. The van der Waals surface area contributed by atoms with Gasteiger partial charge in [0.05, 0.1) is 0 Å². The van der Waals surface area contributed by atoms with Crippen molar-refractivity contribution in [2.45, 2.75) is 0 Å². The van der Waals surface area contributed by atoms with E-state index in [4.69, 9.17) is 5.11 Å². The van der Waals surface area contributed by atoms with Crippen molar-refractivity contribution in [1.82, 2.24) is 4.98 Å². The lowest BCUT2D eigenvalue weighted by molar-refractivity contribution is -0.617.